The number of benzene rings is 1. The molecule has 0 bridgehead atoms. The molecule has 0 aliphatic rings. The number of amides is 1. The third-order valence-electron chi connectivity index (χ3n) is 3.63. The van der Waals surface area contributed by atoms with Gasteiger partial charge in [0.15, 0.2) is 0 Å². The van der Waals surface area contributed by atoms with Crippen molar-refractivity contribution in [1.29, 1.82) is 0 Å². The smallest absolute Gasteiger partial charge is 0.267 e. The van der Waals surface area contributed by atoms with Crippen molar-refractivity contribution in [2.24, 2.45) is 0 Å². The fraction of sp³-hybridized carbons (Fsp3) is 0.444. The van der Waals surface area contributed by atoms with E-state index in [0.29, 0.717) is 17.2 Å². The summed E-state index contributed by atoms with van der Waals surface area (Å²) in [6, 6.07) is 4.57. The zero-order valence-electron chi connectivity index (χ0n) is 16.4. The normalized spacial score (nSPS) is 12.3. The van der Waals surface area contributed by atoms with Gasteiger partial charge in [0.05, 0.1) is 17.8 Å². The molecular formula is C18H25N3O4S2. The van der Waals surface area contributed by atoms with E-state index in [1.165, 1.54) is 37.7 Å². The third-order valence-corrected chi connectivity index (χ3v) is 6.89. The highest BCUT2D eigenvalue weighted by Crippen LogP contribution is 2.30. The lowest BCUT2D eigenvalue weighted by atomic mass is 9.98. The van der Waals surface area contributed by atoms with Gasteiger partial charge in [0.1, 0.15) is 15.5 Å². The zero-order valence-corrected chi connectivity index (χ0v) is 18.0. The van der Waals surface area contributed by atoms with E-state index in [9.17, 15) is 13.2 Å². The molecule has 0 saturated carbocycles. The molecule has 2 aromatic rings. The van der Waals surface area contributed by atoms with Crippen molar-refractivity contribution in [2.45, 2.75) is 38.0 Å². The Labute approximate surface area is 164 Å². The van der Waals surface area contributed by atoms with Crippen LogP contribution in [0.3, 0.4) is 0 Å². The van der Waals surface area contributed by atoms with Gasteiger partial charge < -0.3 is 10.1 Å². The van der Waals surface area contributed by atoms with Gasteiger partial charge in [-0.3, -0.25) is 4.79 Å². The number of hydrogen-bond donors (Lipinski definition) is 1. The number of nitrogens with zero attached hydrogens (tertiary/aromatic N) is 2. The van der Waals surface area contributed by atoms with Crippen LogP contribution in [0.4, 0.5) is 5.69 Å². The van der Waals surface area contributed by atoms with Crippen molar-refractivity contribution < 1.29 is 17.9 Å². The highest BCUT2D eigenvalue weighted by molar-refractivity contribution is 7.89. The van der Waals surface area contributed by atoms with Gasteiger partial charge >= 0.3 is 0 Å². The largest absolute Gasteiger partial charge is 0.492 e. The van der Waals surface area contributed by atoms with E-state index in [1.54, 1.807) is 19.1 Å². The number of hydrogen-bond acceptors (Lipinski definition) is 6. The van der Waals surface area contributed by atoms with Gasteiger partial charge in [0.2, 0.25) is 10.0 Å². The number of nitrogens with one attached hydrogen (secondary N) is 1. The lowest BCUT2D eigenvalue weighted by Crippen LogP contribution is -2.23. The van der Waals surface area contributed by atoms with Crippen LogP contribution in [0, 0.1) is 0 Å². The van der Waals surface area contributed by atoms with E-state index < -0.39 is 10.0 Å². The molecule has 1 N–H and O–H groups in total. The van der Waals surface area contributed by atoms with E-state index in [2.05, 4.69) is 10.3 Å². The molecule has 1 amide bonds. The highest BCUT2D eigenvalue weighted by atomic mass is 32.2. The van der Waals surface area contributed by atoms with Crippen molar-refractivity contribution in [2.75, 3.05) is 26.0 Å². The molecule has 0 unspecified atom stereocenters. The molecule has 0 fully saturated rings. The Morgan fingerprint density at radius 2 is 1.96 bits per heavy atom. The first kappa shape index (κ1) is 21.3. The predicted molar refractivity (Wildman–Crippen MR) is 107 cm³/mol. The Morgan fingerprint density at radius 1 is 1.30 bits per heavy atom. The summed E-state index contributed by atoms with van der Waals surface area (Å²) in [6.07, 6.45) is 1.53. The Hall–Kier alpha value is -1.97. The summed E-state index contributed by atoms with van der Waals surface area (Å²) in [5.41, 5.74) is 0.226. The third kappa shape index (κ3) is 4.85. The second-order valence-electron chi connectivity index (χ2n) is 7.12. The number of carbonyl (C=O) groups excluding carboxylic acids is 1. The Morgan fingerprint density at radius 3 is 2.48 bits per heavy atom. The molecule has 27 heavy (non-hydrogen) atoms. The second kappa shape index (κ2) is 7.95. The monoisotopic (exact) mass is 411 g/mol. The summed E-state index contributed by atoms with van der Waals surface area (Å²) in [4.78, 5) is 17.3. The van der Waals surface area contributed by atoms with Crippen LogP contribution >= 0.6 is 11.3 Å². The van der Waals surface area contributed by atoms with E-state index in [1.807, 2.05) is 20.8 Å². The molecular weight excluding hydrogens is 386 g/mol. The molecule has 148 valence electrons. The fourth-order valence-electron chi connectivity index (χ4n) is 2.18. The van der Waals surface area contributed by atoms with Gasteiger partial charge in [-0.2, -0.15) is 0 Å². The number of rotatable bonds is 6. The van der Waals surface area contributed by atoms with Crippen molar-refractivity contribution in [3.8, 4) is 5.75 Å². The lowest BCUT2D eigenvalue weighted by molar-refractivity contribution is 0.103. The number of thiazole rings is 1. The maximum absolute atomic E-state index is 12.6. The van der Waals surface area contributed by atoms with Crippen molar-refractivity contribution in [3.05, 3.63) is 34.3 Å². The van der Waals surface area contributed by atoms with Crippen molar-refractivity contribution in [3.63, 3.8) is 0 Å². The number of sulfonamides is 1. The maximum Gasteiger partial charge on any atom is 0.267 e. The average Bonchev–Trinajstić information content (AvgIpc) is 3.06. The molecule has 1 aromatic heterocycles. The van der Waals surface area contributed by atoms with Crippen molar-refractivity contribution in [1.82, 2.24) is 9.29 Å². The topological polar surface area (TPSA) is 88.6 Å². The first-order valence-corrected chi connectivity index (χ1v) is 10.7. The van der Waals surface area contributed by atoms with Crippen LogP contribution in [0.2, 0.25) is 0 Å². The van der Waals surface area contributed by atoms with E-state index in [4.69, 9.17) is 4.74 Å². The van der Waals surface area contributed by atoms with Gasteiger partial charge in [-0.15, -0.1) is 11.3 Å². The van der Waals surface area contributed by atoms with Crippen LogP contribution < -0.4 is 10.1 Å². The first-order chi connectivity index (χ1) is 12.5. The highest BCUT2D eigenvalue weighted by Gasteiger charge is 2.24. The summed E-state index contributed by atoms with van der Waals surface area (Å²) >= 11 is 1.32. The summed E-state index contributed by atoms with van der Waals surface area (Å²) < 4.78 is 31.7. The lowest BCUT2D eigenvalue weighted by Gasteiger charge is -2.16. The molecule has 7 nitrogen and oxygen atoms in total. The summed E-state index contributed by atoms with van der Waals surface area (Å²) in [5.74, 6) is -0.0858. The van der Waals surface area contributed by atoms with Gasteiger partial charge in [-0.25, -0.2) is 17.7 Å². The van der Waals surface area contributed by atoms with Gasteiger partial charge in [-0.05, 0) is 25.1 Å². The second-order valence-corrected chi connectivity index (χ2v) is 10.3. The molecule has 0 aliphatic carbocycles. The summed E-state index contributed by atoms with van der Waals surface area (Å²) in [7, 11) is -0.828. The molecule has 1 aromatic carbocycles. The van der Waals surface area contributed by atoms with E-state index >= 15 is 0 Å². The molecule has 2 rings (SSSR count). The summed E-state index contributed by atoms with van der Waals surface area (Å²) in [5, 5.41) is 3.59. The van der Waals surface area contributed by atoms with Crippen molar-refractivity contribution >= 4 is 33.0 Å². The van der Waals surface area contributed by atoms with Crippen LogP contribution in [-0.4, -0.2) is 44.3 Å². The summed E-state index contributed by atoms with van der Waals surface area (Å²) in [6.45, 7) is 8.19. The van der Waals surface area contributed by atoms with E-state index in [-0.39, 0.29) is 22.0 Å². The minimum Gasteiger partial charge on any atom is -0.492 e. The minimum atomic E-state index is -3.72. The van der Waals surface area contributed by atoms with Crippen LogP contribution in [0.5, 0.6) is 5.75 Å². The van der Waals surface area contributed by atoms with Crippen LogP contribution in [-0.2, 0) is 15.4 Å². The number of aromatic nitrogens is 1. The van der Waals surface area contributed by atoms with Gasteiger partial charge in [0, 0.05) is 25.2 Å². The fourth-order valence-corrected chi connectivity index (χ4v) is 4.10. The first-order valence-electron chi connectivity index (χ1n) is 8.44. The van der Waals surface area contributed by atoms with Crippen LogP contribution in [0.25, 0.3) is 0 Å². The molecule has 0 saturated heterocycles. The van der Waals surface area contributed by atoms with Crippen LogP contribution in [0.15, 0.2) is 29.3 Å². The quantitative estimate of drug-likeness (QED) is 0.787. The molecule has 1 heterocycles. The predicted octanol–water partition coefficient (Wildman–Crippen LogP) is 3.34. The van der Waals surface area contributed by atoms with E-state index in [0.717, 1.165) is 9.31 Å². The van der Waals surface area contributed by atoms with Gasteiger partial charge in [-0.1, -0.05) is 20.8 Å². The molecule has 0 radical (unpaired) electrons. The number of ether oxygens (including phenoxy) is 1. The average molecular weight is 412 g/mol. The number of anilines is 1. The zero-order chi connectivity index (χ0) is 20.4. The molecule has 0 spiro atoms. The Balaban J connectivity index is 2.34. The molecule has 9 heteroatoms. The maximum atomic E-state index is 12.6. The molecule has 0 aliphatic heterocycles. The minimum absolute atomic E-state index is 0.00633. The van der Waals surface area contributed by atoms with Gasteiger partial charge in [0.25, 0.3) is 5.91 Å². The van der Waals surface area contributed by atoms with Crippen LogP contribution in [0.1, 0.15) is 42.4 Å². The SMILES string of the molecule is CCOc1ccc(NC(=O)c2cnc(C(C)(C)C)s2)cc1S(=O)(=O)N(C)C. The Kier molecular flexibility index (Phi) is 6.28. The Bertz CT molecular complexity index is 928. The standard InChI is InChI=1S/C18H25N3O4S2/c1-7-25-13-9-8-12(10-15(13)27(23,24)21(5)6)20-16(22)14-11-19-17(26-14)18(2,3)4/h8-11H,7H2,1-6H3,(H,20,22). The number of carbonyl (C=O) groups is 1. The molecule has 0 atom stereocenters.